The number of rotatable bonds is 5. The van der Waals surface area contributed by atoms with E-state index in [4.69, 9.17) is 10.6 Å². The zero-order chi connectivity index (χ0) is 14.4. The first-order valence-electron chi connectivity index (χ1n) is 6.17. The number of halogens is 1. The van der Waals surface area contributed by atoms with Crippen molar-refractivity contribution in [3.63, 3.8) is 0 Å². The van der Waals surface area contributed by atoms with Gasteiger partial charge in [0.1, 0.15) is 5.75 Å². The molecule has 0 aliphatic carbocycles. The van der Waals surface area contributed by atoms with Gasteiger partial charge in [0.05, 0.1) is 13.0 Å². The highest BCUT2D eigenvalue weighted by molar-refractivity contribution is 14.1. The quantitative estimate of drug-likeness (QED) is 0.362. The van der Waals surface area contributed by atoms with Gasteiger partial charge in [-0.05, 0) is 58.0 Å². The summed E-state index contributed by atoms with van der Waals surface area (Å²) in [6.07, 6.45) is 0.245. The van der Waals surface area contributed by atoms with Crippen LogP contribution in [0.15, 0.2) is 48.5 Å². The Balaban J connectivity index is 1.96. The van der Waals surface area contributed by atoms with Crippen molar-refractivity contribution in [2.45, 2.75) is 6.42 Å². The van der Waals surface area contributed by atoms with E-state index >= 15 is 0 Å². The first-order chi connectivity index (χ1) is 9.69. The molecule has 5 heteroatoms. The van der Waals surface area contributed by atoms with Gasteiger partial charge in [0.25, 0.3) is 0 Å². The molecule has 104 valence electrons. The van der Waals surface area contributed by atoms with Crippen LogP contribution in [-0.4, -0.2) is 12.5 Å². The summed E-state index contributed by atoms with van der Waals surface area (Å²) < 4.78 is 6.68. The maximum atomic E-state index is 11.0. The Morgan fingerprint density at radius 1 is 1.05 bits per heavy atom. The van der Waals surface area contributed by atoms with Crippen LogP contribution >= 0.6 is 22.6 Å². The van der Waals surface area contributed by atoms with Gasteiger partial charge in [-0.2, -0.15) is 0 Å². The Kier molecular flexibility index (Phi) is 5.37. The number of hydrazine groups is 1. The van der Waals surface area contributed by atoms with Crippen LogP contribution in [0.2, 0.25) is 0 Å². The summed E-state index contributed by atoms with van der Waals surface area (Å²) in [6, 6.07) is 16.1. The van der Waals surface area contributed by atoms with E-state index in [1.165, 1.54) is 9.13 Å². The maximum Gasteiger partial charge on any atom is 0.237 e. The monoisotopic (exact) mass is 382 g/mol. The third kappa shape index (κ3) is 4.21. The molecule has 2 aromatic rings. The van der Waals surface area contributed by atoms with Crippen molar-refractivity contribution < 1.29 is 9.53 Å². The smallest absolute Gasteiger partial charge is 0.237 e. The van der Waals surface area contributed by atoms with E-state index in [-0.39, 0.29) is 12.3 Å². The van der Waals surface area contributed by atoms with Crippen LogP contribution < -0.4 is 16.0 Å². The Hall–Kier alpha value is -1.60. The zero-order valence-electron chi connectivity index (χ0n) is 10.8. The summed E-state index contributed by atoms with van der Waals surface area (Å²) in [7, 11) is 0. The molecular formula is C15H15IN2O2. The predicted molar refractivity (Wildman–Crippen MR) is 87.0 cm³/mol. The zero-order valence-corrected chi connectivity index (χ0v) is 13.0. The van der Waals surface area contributed by atoms with Crippen molar-refractivity contribution in [2.24, 2.45) is 5.84 Å². The molecule has 4 nitrogen and oxygen atoms in total. The number of ether oxygens (including phenoxy) is 1. The molecule has 0 aromatic heterocycles. The molecule has 0 atom stereocenters. The van der Waals surface area contributed by atoms with Crippen LogP contribution in [0, 0.1) is 3.57 Å². The molecular weight excluding hydrogens is 367 g/mol. The number of hydrogen-bond donors (Lipinski definition) is 2. The van der Waals surface area contributed by atoms with E-state index in [0.29, 0.717) is 6.61 Å². The van der Waals surface area contributed by atoms with Gasteiger partial charge in [-0.15, -0.1) is 0 Å². The lowest BCUT2D eigenvalue weighted by Crippen LogP contribution is -2.31. The van der Waals surface area contributed by atoms with E-state index in [1.54, 1.807) is 0 Å². The molecule has 3 N–H and O–H groups in total. The highest BCUT2D eigenvalue weighted by Gasteiger charge is 2.01. The average Bonchev–Trinajstić information content (AvgIpc) is 2.48. The summed E-state index contributed by atoms with van der Waals surface area (Å²) in [6.45, 7) is 0.311. The van der Waals surface area contributed by atoms with Gasteiger partial charge in [-0.3, -0.25) is 10.2 Å². The number of hydrogen-bond acceptors (Lipinski definition) is 3. The van der Waals surface area contributed by atoms with Gasteiger partial charge in [0, 0.05) is 3.57 Å². The second-order valence-corrected chi connectivity index (χ2v) is 5.44. The lowest BCUT2D eigenvalue weighted by molar-refractivity contribution is -0.121. The predicted octanol–water partition coefficient (Wildman–Crippen LogP) is 2.72. The lowest BCUT2D eigenvalue weighted by atomic mass is 10.1. The molecule has 2 aromatic carbocycles. The highest BCUT2D eigenvalue weighted by atomic mass is 127. The molecule has 0 saturated heterocycles. The van der Waals surface area contributed by atoms with Gasteiger partial charge in [-0.25, -0.2) is 5.84 Å². The van der Waals surface area contributed by atoms with Gasteiger partial charge in [-0.1, -0.05) is 24.3 Å². The first kappa shape index (κ1) is 14.8. The number of carbonyl (C=O) groups is 1. The summed E-state index contributed by atoms with van der Waals surface area (Å²) in [5.41, 5.74) is 4.37. The Labute approximate surface area is 131 Å². The molecule has 0 aliphatic rings. The molecule has 1 amide bonds. The normalized spacial score (nSPS) is 10.1. The minimum atomic E-state index is -0.236. The van der Waals surface area contributed by atoms with Crippen molar-refractivity contribution in [3.8, 4) is 16.9 Å². The number of nitrogens with two attached hydrogens (primary N) is 1. The molecule has 0 heterocycles. The minimum absolute atomic E-state index is 0.236. The third-order valence-electron chi connectivity index (χ3n) is 2.79. The van der Waals surface area contributed by atoms with Gasteiger partial charge >= 0.3 is 0 Å². The van der Waals surface area contributed by atoms with E-state index < -0.39 is 0 Å². The number of benzene rings is 2. The number of carbonyl (C=O) groups excluding carboxylic acids is 1. The Morgan fingerprint density at radius 2 is 1.60 bits per heavy atom. The van der Waals surface area contributed by atoms with Crippen molar-refractivity contribution in [2.75, 3.05) is 6.61 Å². The fraction of sp³-hybridized carbons (Fsp3) is 0.133. The van der Waals surface area contributed by atoms with Gasteiger partial charge in [0.15, 0.2) is 0 Å². The van der Waals surface area contributed by atoms with Gasteiger partial charge in [0.2, 0.25) is 5.91 Å². The van der Waals surface area contributed by atoms with E-state index in [2.05, 4.69) is 52.3 Å². The van der Waals surface area contributed by atoms with Crippen molar-refractivity contribution >= 4 is 28.5 Å². The van der Waals surface area contributed by atoms with E-state index in [1.807, 2.05) is 24.3 Å². The fourth-order valence-corrected chi connectivity index (χ4v) is 2.08. The standard InChI is InChI=1S/C15H15IN2O2/c16-13-5-1-11(2-6-13)12-3-7-14(8-4-12)20-10-9-15(19)18-17/h1-8H,9-10,17H2,(H,18,19). The molecule has 0 unspecified atom stereocenters. The first-order valence-corrected chi connectivity index (χ1v) is 7.25. The lowest BCUT2D eigenvalue weighted by Gasteiger charge is -2.07. The van der Waals surface area contributed by atoms with Crippen LogP contribution in [0.25, 0.3) is 11.1 Å². The van der Waals surface area contributed by atoms with Crippen LogP contribution in [0.5, 0.6) is 5.75 Å². The second kappa shape index (κ2) is 7.25. The van der Waals surface area contributed by atoms with Crippen LogP contribution in [0.4, 0.5) is 0 Å². The van der Waals surface area contributed by atoms with Crippen molar-refractivity contribution in [1.29, 1.82) is 0 Å². The Bertz CT molecular complexity index is 567. The highest BCUT2D eigenvalue weighted by Crippen LogP contribution is 2.23. The van der Waals surface area contributed by atoms with Crippen LogP contribution in [0.3, 0.4) is 0 Å². The van der Waals surface area contributed by atoms with Crippen LogP contribution in [-0.2, 0) is 4.79 Å². The van der Waals surface area contributed by atoms with Crippen molar-refractivity contribution in [1.82, 2.24) is 5.43 Å². The topological polar surface area (TPSA) is 64.3 Å². The molecule has 0 aliphatic heterocycles. The Morgan fingerprint density at radius 3 is 2.15 bits per heavy atom. The van der Waals surface area contributed by atoms with E-state index in [9.17, 15) is 4.79 Å². The maximum absolute atomic E-state index is 11.0. The second-order valence-electron chi connectivity index (χ2n) is 4.20. The fourth-order valence-electron chi connectivity index (χ4n) is 1.72. The number of nitrogens with one attached hydrogen (secondary N) is 1. The van der Waals surface area contributed by atoms with Crippen LogP contribution in [0.1, 0.15) is 6.42 Å². The molecule has 0 radical (unpaired) electrons. The molecule has 20 heavy (non-hydrogen) atoms. The molecule has 2 rings (SSSR count). The van der Waals surface area contributed by atoms with Crippen molar-refractivity contribution in [3.05, 3.63) is 52.1 Å². The summed E-state index contributed by atoms with van der Waals surface area (Å²) in [5.74, 6) is 5.49. The summed E-state index contributed by atoms with van der Waals surface area (Å²) in [4.78, 5) is 11.0. The molecule has 0 fully saturated rings. The molecule has 0 spiro atoms. The van der Waals surface area contributed by atoms with Gasteiger partial charge < -0.3 is 4.74 Å². The third-order valence-corrected chi connectivity index (χ3v) is 3.51. The molecule has 0 saturated carbocycles. The summed E-state index contributed by atoms with van der Waals surface area (Å²) in [5, 5.41) is 0. The average molecular weight is 382 g/mol. The summed E-state index contributed by atoms with van der Waals surface area (Å²) >= 11 is 2.28. The van der Waals surface area contributed by atoms with E-state index in [0.717, 1.165) is 11.3 Å². The SMILES string of the molecule is NNC(=O)CCOc1ccc(-c2ccc(I)cc2)cc1. The number of amides is 1. The minimum Gasteiger partial charge on any atom is -0.493 e. The molecule has 0 bridgehead atoms. The largest absolute Gasteiger partial charge is 0.493 e.